The van der Waals surface area contributed by atoms with Crippen LogP contribution in [0.15, 0.2) is 35.7 Å². The number of nitrogens with zero attached hydrogens (tertiary/aromatic N) is 1. The predicted molar refractivity (Wildman–Crippen MR) is 80.6 cm³/mol. The predicted octanol–water partition coefficient (Wildman–Crippen LogP) is 3.32. The van der Waals surface area contributed by atoms with Crippen LogP contribution in [0.4, 0.5) is 11.4 Å². The lowest BCUT2D eigenvalue weighted by Gasteiger charge is -2.06. The summed E-state index contributed by atoms with van der Waals surface area (Å²) in [5.41, 5.74) is -0.0371. The number of carbonyl (C=O) groups excluding carboxylic acids is 1. The molecule has 0 atom stereocenters. The van der Waals surface area contributed by atoms with E-state index in [1.165, 1.54) is 17.0 Å². The van der Waals surface area contributed by atoms with Crippen LogP contribution in [-0.4, -0.2) is 15.9 Å². The summed E-state index contributed by atoms with van der Waals surface area (Å²) in [5.74, 6) is -0.536. The number of non-ortho nitro benzene ring substituents is 1. The number of anilines is 1. The Morgan fingerprint density at radius 2 is 2.19 bits per heavy atom. The van der Waals surface area contributed by atoms with E-state index in [9.17, 15) is 20.0 Å². The van der Waals surface area contributed by atoms with Gasteiger partial charge in [-0.3, -0.25) is 14.9 Å². The van der Waals surface area contributed by atoms with Crippen LogP contribution >= 0.6 is 11.3 Å². The monoisotopic (exact) mass is 306 g/mol. The number of nitrogens with one attached hydrogen (secondary N) is 1. The molecule has 0 fully saturated rings. The molecular formula is C14H14N2O4S. The van der Waals surface area contributed by atoms with Crippen molar-refractivity contribution in [1.82, 2.24) is 0 Å². The minimum Gasteiger partial charge on any atom is -0.506 e. The molecule has 1 aromatic carbocycles. The summed E-state index contributed by atoms with van der Waals surface area (Å²) >= 11 is 1.65. The summed E-state index contributed by atoms with van der Waals surface area (Å²) < 4.78 is 0. The van der Waals surface area contributed by atoms with Gasteiger partial charge in [0.1, 0.15) is 5.75 Å². The molecule has 1 aromatic heterocycles. The maximum atomic E-state index is 11.8. The molecule has 2 rings (SSSR count). The average molecular weight is 306 g/mol. The molecule has 2 N–H and O–H groups in total. The van der Waals surface area contributed by atoms with Crippen LogP contribution in [0, 0.1) is 10.1 Å². The summed E-state index contributed by atoms with van der Waals surface area (Å²) in [6.45, 7) is 0. The van der Waals surface area contributed by atoms with E-state index < -0.39 is 4.92 Å². The van der Waals surface area contributed by atoms with E-state index in [1.807, 2.05) is 17.5 Å². The molecule has 7 heteroatoms. The molecule has 0 spiro atoms. The van der Waals surface area contributed by atoms with Crippen LogP contribution in [0.2, 0.25) is 0 Å². The fraction of sp³-hybridized carbons (Fsp3) is 0.214. The molecule has 0 aliphatic rings. The number of hydrogen-bond acceptors (Lipinski definition) is 5. The van der Waals surface area contributed by atoms with Gasteiger partial charge in [0.25, 0.3) is 5.69 Å². The summed E-state index contributed by atoms with van der Waals surface area (Å²) in [5, 5.41) is 24.7. The fourth-order valence-electron chi connectivity index (χ4n) is 1.83. The van der Waals surface area contributed by atoms with Gasteiger partial charge in [-0.05, 0) is 30.4 Å². The quantitative estimate of drug-likeness (QED) is 0.486. The zero-order valence-electron chi connectivity index (χ0n) is 11.1. The van der Waals surface area contributed by atoms with Gasteiger partial charge < -0.3 is 10.4 Å². The van der Waals surface area contributed by atoms with Gasteiger partial charge >= 0.3 is 0 Å². The molecule has 0 aliphatic heterocycles. The van der Waals surface area contributed by atoms with Crippen LogP contribution in [-0.2, 0) is 11.2 Å². The van der Waals surface area contributed by atoms with Gasteiger partial charge in [-0.25, -0.2) is 0 Å². The number of nitro groups is 1. The van der Waals surface area contributed by atoms with Gasteiger partial charge in [-0.1, -0.05) is 6.07 Å². The Balaban J connectivity index is 1.86. The largest absolute Gasteiger partial charge is 0.506 e. The third-order valence-electron chi connectivity index (χ3n) is 2.87. The van der Waals surface area contributed by atoms with Crippen LogP contribution < -0.4 is 5.32 Å². The molecule has 0 aliphatic carbocycles. The van der Waals surface area contributed by atoms with E-state index in [-0.39, 0.29) is 23.0 Å². The molecule has 0 bridgehead atoms. The average Bonchev–Trinajstić information content (AvgIpc) is 2.94. The maximum Gasteiger partial charge on any atom is 0.273 e. The van der Waals surface area contributed by atoms with E-state index in [2.05, 4.69) is 5.32 Å². The Labute approximate surface area is 125 Å². The molecule has 0 radical (unpaired) electrons. The van der Waals surface area contributed by atoms with Gasteiger partial charge in [0.2, 0.25) is 5.91 Å². The molecule has 21 heavy (non-hydrogen) atoms. The minimum atomic E-state index is -0.605. The number of thiophene rings is 1. The highest BCUT2D eigenvalue weighted by atomic mass is 32.1. The lowest BCUT2D eigenvalue weighted by atomic mass is 10.2. The third-order valence-corrected chi connectivity index (χ3v) is 3.81. The number of aromatic hydroxyl groups is 1. The molecule has 0 saturated carbocycles. The highest BCUT2D eigenvalue weighted by Crippen LogP contribution is 2.28. The first-order chi connectivity index (χ1) is 10.1. The lowest BCUT2D eigenvalue weighted by Crippen LogP contribution is -2.11. The first-order valence-electron chi connectivity index (χ1n) is 6.36. The lowest BCUT2D eigenvalue weighted by molar-refractivity contribution is -0.384. The van der Waals surface area contributed by atoms with Crippen molar-refractivity contribution in [1.29, 1.82) is 0 Å². The number of phenolic OH excluding ortho intramolecular Hbond substituents is 1. The van der Waals surface area contributed by atoms with Crippen molar-refractivity contribution in [2.45, 2.75) is 19.3 Å². The van der Waals surface area contributed by atoms with E-state index in [1.54, 1.807) is 11.3 Å². The SMILES string of the molecule is O=C(CCCc1cccs1)Nc1ccc([N+](=O)[O-])cc1O. The van der Waals surface area contributed by atoms with Crippen molar-refractivity contribution < 1.29 is 14.8 Å². The number of benzene rings is 1. The standard InChI is InChI=1S/C14H14N2O4S/c17-13-9-10(16(19)20)6-7-12(13)15-14(18)5-1-3-11-4-2-8-21-11/h2,4,6-9,17H,1,3,5H2,(H,15,18). The van der Waals surface area contributed by atoms with Gasteiger partial charge in [0.05, 0.1) is 16.7 Å². The molecule has 1 amide bonds. The maximum absolute atomic E-state index is 11.8. The molecule has 0 saturated heterocycles. The Morgan fingerprint density at radius 1 is 1.38 bits per heavy atom. The highest BCUT2D eigenvalue weighted by molar-refractivity contribution is 7.09. The minimum absolute atomic E-state index is 0.182. The summed E-state index contributed by atoms with van der Waals surface area (Å²) in [6.07, 6.45) is 1.87. The van der Waals surface area contributed by atoms with Crippen LogP contribution in [0.5, 0.6) is 5.75 Å². The normalized spacial score (nSPS) is 10.3. The van der Waals surface area contributed by atoms with E-state index in [4.69, 9.17) is 0 Å². The summed E-state index contributed by atoms with van der Waals surface area (Å²) in [4.78, 5) is 22.9. The van der Waals surface area contributed by atoms with Crippen molar-refractivity contribution in [3.63, 3.8) is 0 Å². The molecule has 6 nitrogen and oxygen atoms in total. The van der Waals surface area contributed by atoms with Gasteiger partial charge in [0.15, 0.2) is 0 Å². The Kier molecular flexibility index (Phi) is 4.89. The van der Waals surface area contributed by atoms with Crippen LogP contribution in [0.25, 0.3) is 0 Å². The molecule has 1 heterocycles. The van der Waals surface area contributed by atoms with Crippen molar-refractivity contribution in [2.24, 2.45) is 0 Å². The topological polar surface area (TPSA) is 92.5 Å². The molecular weight excluding hydrogens is 292 g/mol. The Morgan fingerprint density at radius 3 is 2.81 bits per heavy atom. The van der Waals surface area contributed by atoms with Crippen LogP contribution in [0.3, 0.4) is 0 Å². The van der Waals surface area contributed by atoms with Crippen LogP contribution in [0.1, 0.15) is 17.7 Å². The van der Waals surface area contributed by atoms with Crippen molar-refractivity contribution in [2.75, 3.05) is 5.32 Å². The van der Waals surface area contributed by atoms with Gasteiger partial charge in [-0.15, -0.1) is 11.3 Å². The zero-order chi connectivity index (χ0) is 15.2. The molecule has 2 aromatic rings. The first-order valence-corrected chi connectivity index (χ1v) is 7.24. The molecule has 0 unspecified atom stereocenters. The third kappa shape index (κ3) is 4.28. The zero-order valence-corrected chi connectivity index (χ0v) is 11.9. The van der Waals surface area contributed by atoms with Crippen molar-refractivity contribution in [3.05, 3.63) is 50.7 Å². The number of hydrogen-bond donors (Lipinski definition) is 2. The van der Waals surface area contributed by atoms with E-state index in [0.717, 1.165) is 12.5 Å². The van der Waals surface area contributed by atoms with Crippen molar-refractivity contribution >= 4 is 28.6 Å². The smallest absolute Gasteiger partial charge is 0.273 e. The summed E-state index contributed by atoms with van der Waals surface area (Å²) in [6, 6.07) is 7.56. The first kappa shape index (κ1) is 15.0. The van der Waals surface area contributed by atoms with Gasteiger partial charge in [-0.2, -0.15) is 0 Å². The summed E-state index contributed by atoms with van der Waals surface area (Å²) in [7, 11) is 0. The van der Waals surface area contributed by atoms with E-state index >= 15 is 0 Å². The highest BCUT2D eigenvalue weighted by Gasteiger charge is 2.12. The Hall–Kier alpha value is -2.41. The second-order valence-corrected chi connectivity index (χ2v) is 5.47. The number of aryl methyl sites for hydroxylation is 1. The fourth-order valence-corrected chi connectivity index (χ4v) is 2.58. The number of rotatable bonds is 6. The number of phenols is 1. The number of carbonyl (C=O) groups is 1. The van der Waals surface area contributed by atoms with Crippen molar-refractivity contribution in [3.8, 4) is 5.75 Å². The van der Waals surface area contributed by atoms with Gasteiger partial charge in [0, 0.05) is 17.4 Å². The second-order valence-electron chi connectivity index (χ2n) is 4.44. The number of nitro benzene ring substituents is 1. The second kappa shape index (κ2) is 6.85. The molecule has 110 valence electrons. The number of amides is 1. The Bertz CT molecular complexity index is 640. The van der Waals surface area contributed by atoms with E-state index in [0.29, 0.717) is 12.8 Å².